The topological polar surface area (TPSA) is 0 Å². The van der Waals surface area contributed by atoms with Crippen molar-refractivity contribution in [2.75, 3.05) is 0 Å². The Bertz CT molecular complexity index is 8.00. The van der Waals surface area contributed by atoms with Crippen LogP contribution in [0.5, 0.6) is 0 Å². The zero-order chi connectivity index (χ0) is 2.00. The smallest absolute Gasteiger partial charge is 0 e. The molecule has 0 atom stereocenters. The molecule has 0 saturated carbocycles. The van der Waals surface area contributed by atoms with Gasteiger partial charge in [0.2, 0.25) is 0 Å². The van der Waals surface area contributed by atoms with Crippen LogP contribution in [0.1, 0.15) is 0 Å². The second kappa shape index (κ2) is 20.7. The van der Waals surface area contributed by atoms with Gasteiger partial charge in [0.25, 0.3) is 0 Å². The molecular weight excluding hydrogens is 137 g/mol. The second-order valence-electron chi connectivity index (χ2n) is 0. The van der Waals surface area contributed by atoms with Crippen molar-refractivity contribution in [1.29, 1.82) is 0 Å². The molecule has 0 amide bonds. The van der Waals surface area contributed by atoms with Gasteiger partial charge in [0.15, 0.2) is 17.4 Å². The monoisotopic (exact) mass is 142 g/mol. The van der Waals surface area contributed by atoms with E-state index in [9.17, 15) is 0 Å². The fraction of sp³-hybridized carbons (Fsp3) is 0. The van der Waals surface area contributed by atoms with Gasteiger partial charge >= 0.3 is 23.7 Å². The van der Waals surface area contributed by atoms with Gasteiger partial charge in [0.05, 0.1) is 0 Å². The van der Waals surface area contributed by atoms with E-state index < -0.39 is 0 Å². The van der Waals surface area contributed by atoms with Gasteiger partial charge in [-0.3, -0.25) is 0 Å². The van der Waals surface area contributed by atoms with E-state index in [1.165, 1.54) is 0 Å². The van der Waals surface area contributed by atoms with Crippen LogP contribution in [0.4, 0.5) is 0 Å². The summed E-state index contributed by atoms with van der Waals surface area (Å²) in [7, 11) is 0. The van der Waals surface area contributed by atoms with Crippen LogP contribution in [-0.2, 0) is 39.0 Å². The van der Waals surface area contributed by atoms with Gasteiger partial charge < -0.3 is 0 Å². The minimum Gasteiger partial charge on any atom is 0 e. The molecule has 0 aromatic carbocycles. The Kier molecular flexibility index (Phi) is 87.1. The number of hydrogen-bond donors (Lipinski definition) is 0. The van der Waals surface area contributed by atoms with Crippen molar-refractivity contribution in [2.45, 2.75) is 0 Å². The maximum absolute atomic E-state index is 2.31. The summed E-state index contributed by atoms with van der Waals surface area (Å²) in [5.41, 5.74) is 0. The predicted octanol–water partition coefficient (Wildman–Crippen LogP) is -2.11. The van der Waals surface area contributed by atoms with Crippen LogP contribution >= 0.6 is 0 Å². The molecule has 0 bridgehead atoms. The van der Waals surface area contributed by atoms with Crippen LogP contribution in [0.2, 0.25) is 0 Å². The molecule has 0 N–H and O–H groups in total. The summed E-state index contributed by atoms with van der Waals surface area (Å²) in [6, 6.07) is 0. The van der Waals surface area contributed by atoms with Gasteiger partial charge in [-0.05, 0) is 0 Å². The van der Waals surface area contributed by atoms with E-state index in [1.54, 1.807) is 0 Å². The third kappa shape index (κ3) is 9.09. The number of rotatable bonds is 0. The minimum absolute atomic E-state index is 0. The predicted molar refractivity (Wildman–Crippen MR) is 18.5 cm³/mol. The van der Waals surface area contributed by atoms with E-state index in [0.717, 1.165) is 0 Å². The Hall–Kier alpha value is 1.90. The van der Waals surface area contributed by atoms with Gasteiger partial charge in [-0.15, -0.1) is 0 Å². The van der Waals surface area contributed by atoms with Gasteiger partial charge in [0.1, 0.15) is 0 Å². The molecule has 20 valence electrons. The zero-order valence-electron chi connectivity index (χ0n) is 1.95. The molecule has 0 aromatic heterocycles. The Morgan fingerprint density at radius 3 is 1.25 bits per heavy atom. The van der Waals surface area contributed by atoms with Gasteiger partial charge in [-0.25, -0.2) is 0 Å². The fourth-order valence-corrected chi connectivity index (χ4v) is 0. The van der Waals surface area contributed by atoms with E-state index in [-0.39, 0.29) is 39.1 Å². The summed E-state index contributed by atoms with van der Waals surface area (Å²) in [4.78, 5) is 0. The molecule has 0 aromatic rings. The van der Waals surface area contributed by atoms with E-state index in [0.29, 0.717) is 0 Å². The molecule has 0 radical (unpaired) electrons. The Labute approximate surface area is 62.3 Å². The fourth-order valence-electron chi connectivity index (χ4n) is 0. The molecule has 0 fully saturated rings. The summed E-state index contributed by atoms with van der Waals surface area (Å²) in [6.45, 7) is 1.94. The van der Waals surface area contributed by atoms with Crippen molar-refractivity contribution in [1.82, 2.24) is 0 Å². The van der Waals surface area contributed by atoms with Gasteiger partial charge in [-0.2, -0.15) is 0 Å². The average molecular weight is 142 g/mol. The Morgan fingerprint density at radius 2 is 1.25 bits per heavy atom. The summed E-state index contributed by atoms with van der Waals surface area (Å²) < 4.78 is 0. The van der Waals surface area contributed by atoms with E-state index in [2.05, 4.69) is 17.2 Å². The maximum atomic E-state index is 2.31. The van der Waals surface area contributed by atoms with Gasteiger partial charge in [-0.1, -0.05) is 0 Å². The van der Waals surface area contributed by atoms with Crippen molar-refractivity contribution in [3.8, 4) is 0 Å². The maximum Gasteiger partial charge on any atom is 0 e. The van der Waals surface area contributed by atoms with Crippen molar-refractivity contribution >= 4 is 23.8 Å². The molecule has 0 aliphatic rings. The first-order valence-corrected chi connectivity index (χ1v) is 1.84. The standard InChI is InChI=1S/Al.BH2.Ti.V.3H/h;1H2;;;;;/q;+1;;-1;;;. The quantitative estimate of drug-likeness (QED) is 0.339. The van der Waals surface area contributed by atoms with E-state index in [1.807, 2.05) is 6.46 Å². The molecule has 0 rings (SSSR count). The first kappa shape index (κ1) is 16.9. The Balaban J connectivity index is -0.00000000500. The van der Waals surface area contributed by atoms with E-state index >= 15 is 0 Å². The molecule has 0 aliphatic carbocycles. The molecule has 0 nitrogen and oxygen atoms in total. The SMILES string of the molecule is [AlH3].[BH2][V].[Ti]. The van der Waals surface area contributed by atoms with Crippen LogP contribution in [0.3, 0.4) is 0 Å². The van der Waals surface area contributed by atoms with Crippen LogP contribution in [0, 0.1) is 0 Å². The molecular formula is H5AlBTiV. The van der Waals surface area contributed by atoms with Crippen molar-refractivity contribution in [3.05, 3.63) is 0 Å². The minimum atomic E-state index is 0. The first-order chi connectivity index (χ1) is 1.00. The average Bonchev–Trinajstić information content (AvgIpc) is 1.00. The van der Waals surface area contributed by atoms with Crippen molar-refractivity contribution in [2.24, 2.45) is 0 Å². The second-order valence-corrected chi connectivity index (χ2v) is 0. The zero-order valence-corrected chi connectivity index (χ0v) is 4.91. The summed E-state index contributed by atoms with van der Waals surface area (Å²) in [5, 5.41) is 0. The molecule has 0 heterocycles. The first-order valence-electron chi connectivity index (χ1n) is 0.447. The third-order valence-corrected chi connectivity index (χ3v) is 0. The van der Waals surface area contributed by atoms with Crippen LogP contribution < -0.4 is 0 Å². The van der Waals surface area contributed by atoms with Crippen LogP contribution in [0.25, 0.3) is 0 Å². The molecule has 0 saturated heterocycles. The van der Waals surface area contributed by atoms with Crippen molar-refractivity contribution in [3.63, 3.8) is 0 Å². The summed E-state index contributed by atoms with van der Waals surface area (Å²) in [5.74, 6) is 0. The molecule has 4 heteroatoms. The summed E-state index contributed by atoms with van der Waals surface area (Å²) >= 11 is 2.31. The molecule has 0 aliphatic heterocycles. The van der Waals surface area contributed by atoms with E-state index in [4.69, 9.17) is 0 Å². The van der Waals surface area contributed by atoms with Gasteiger partial charge in [0, 0.05) is 21.7 Å². The largest absolute Gasteiger partial charge is 0 e. The summed E-state index contributed by atoms with van der Waals surface area (Å²) in [6.07, 6.45) is 0. The molecule has 0 spiro atoms. The molecule has 0 unspecified atom stereocenters. The number of hydrogen-bond acceptors (Lipinski definition) is 0. The normalized spacial score (nSPS) is 1.00. The Morgan fingerprint density at radius 1 is 1.25 bits per heavy atom. The van der Waals surface area contributed by atoms with Crippen LogP contribution in [0.15, 0.2) is 0 Å². The van der Waals surface area contributed by atoms with Crippen molar-refractivity contribution < 1.29 is 39.0 Å². The molecule has 4 heavy (non-hydrogen) atoms. The van der Waals surface area contributed by atoms with Crippen LogP contribution in [-0.4, -0.2) is 23.8 Å². The third-order valence-electron chi connectivity index (χ3n) is 0.